The van der Waals surface area contributed by atoms with Crippen LogP contribution in [0.1, 0.15) is 0 Å². The molecule has 0 aliphatic heterocycles. The molecule has 0 atom stereocenters. The van der Waals surface area contributed by atoms with Gasteiger partial charge in [-0.2, -0.15) is 0 Å². The van der Waals surface area contributed by atoms with E-state index in [9.17, 15) is 0 Å². The van der Waals surface area contributed by atoms with E-state index in [1.165, 1.54) is 109 Å². The number of hydrogen-bond donors (Lipinski definition) is 0. The van der Waals surface area contributed by atoms with E-state index in [1.807, 2.05) is 0 Å². The molecule has 0 fully saturated rings. The fourth-order valence-electron chi connectivity index (χ4n) is 10.7. The van der Waals surface area contributed by atoms with Crippen molar-refractivity contribution < 1.29 is 0 Å². The van der Waals surface area contributed by atoms with Crippen LogP contribution in [-0.2, 0) is 0 Å². The minimum absolute atomic E-state index is 1.09. The Balaban J connectivity index is 0.938. The van der Waals surface area contributed by atoms with Gasteiger partial charge >= 0.3 is 0 Å². The predicted octanol–water partition coefficient (Wildman–Crippen LogP) is 19.3. The second kappa shape index (κ2) is 17.0. The number of nitrogens with zero attached hydrogens (tertiary/aromatic N) is 1. The Kier molecular flexibility index (Phi) is 9.91. The largest absolute Gasteiger partial charge is 0.310 e. The summed E-state index contributed by atoms with van der Waals surface area (Å²) in [6.45, 7) is 0. The smallest absolute Gasteiger partial charge is 0.0468 e. The van der Waals surface area contributed by atoms with Crippen molar-refractivity contribution in [2.75, 3.05) is 4.90 Å². The lowest BCUT2D eigenvalue weighted by Gasteiger charge is -2.26. The van der Waals surface area contributed by atoms with Gasteiger partial charge in [0.2, 0.25) is 0 Å². The topological polar surface area (TPSA) is 3.24 Å². The SMILES string of the molecule is c1ccc(-c2ccc3cc(N(c4ccc(-c5ccc6c(c5)c(-c5ccccc5)c(-c5ccccc5)c5ccccc56)cc4)c4ccc(-c5cc6ccccc6c6ccccc56)cc4)ccc3c2)cc1. The van der Waals surface area contributed by atoms with E-state index in [-0.39, 0.29) is 0 Å². The molecule has 0 heterocycles. The number of hydrogen-bond acceptors (Lipinski definition) is 1. The summed E-state index contributed by atoms with van der Waals surface area (Å²) in [6.07, 6.45) is 0. The first-order chi connectivity index (χ1) is 34.2. The molecule has 1 nitrogen and oxygen atoms in total. The van der Waals surface area contributed by atoms with Crippen molar-refractivity contribution in [1.29, 1.82) is 0 Å². The maximum atomic E-state index is 2.41. The van der Waals surface area contributed by atoms with Gasteiger partial charge in [0.25, 0.3) is 0 Å². The van der Waals surface area contributed by atoms with Gasteiger partial charge in [-0.05, 0) is 164 Å². The van der Waals surface area contributed by atoms with Gasteiger partial charge < -0.3 is 4.90 Å². The van der Waals surface area contributed by atoms with Crippen LogP contribution in [0.5, 0.6) is 0 Å². The molecule has 0 saturated carbocycles. The molecule has 322 valence electrons. The van der Waals surface area contributed by atoms with E-state index in [1.54, 1.807) is 0 Å². The highest BCUT2D eigenvalue weighted by atomic mass is 15.1. The molecular formula is C68H45N. The highest BCUT2D eigenvalue weighted by molar-refractivity contribution is 6.22. The molecule has 13 rings (SSSR count). The fourth-order valence-corrected chi connectivity index (χ4v) is 10.7. The van der Waals surface area contributed by atoms with E-state index in [0.717, 1.165) is 17.1 Å². The van der Waals surface area contributed by atoms with E-state index in [4.69, 9.17) is 0 Å². The molecule has 0 spiro atoms. The van der Waals surface area contributed by atoms with Gasteiger partial charge in [-0.15, -0.1) is 0 Å². The van der Waals surface area contributed by atoms with Crippen molar-refractivity contribution in [2.24, 2.45) is 0 Å². The maximum Gasteiger partial charge on any atom is 0.0468 e. The van der Waals surface area contributed by atoms with E-state index in [0.29, 0.717) is 0 Å². The first-order valence-corrected chi connectivity index (χ1v) is 23.8. The normalized spacial score (nSPS) is 11.5. The molecular weight excluding hydrogens is 831 g/mol. The lowest BCUT2D eigenvalue weighted by Crippen LogP contribution is -2.09. The summed E-state index contributed by atoms with van der Waals surface area (Å²) in [5.41, 5.74) is 15.4. The second-order valence-electron chi connectivity index (χ2n) is 18.0. The van der Waals surface area contributed by atoms with E-state index in [2.05, 4.69) is 278 Å². The third-order valence-corrected chi connectivity index (χ3v) is 14.0. The van der Waals surface area contributed by atoms with E-state index >= 15 is 0 Å². The van der Waals surface area contributed by atoms with Crippen LogP contribution < -0.4 is 4.90 Å². The summed E-state index contributed by atoms with van der Waals surface area (Å²) in [6, 6.07) is 100. The molecule has 1 heteroatoms. The Hall–Kier alpha value is -9.04. The number of fused-ring (bicyclic) bond motifs is 7. The molecule has 13 aromatic rings. The van der Waals surface area contributed by atoms with Gasteiger partial charge in [-0.25, -0.2) is 0 Å². The highest BCUT2D eigenvalue weighted by Crippen LogP contribution is 2.46. The first kappa shape index (κ1) is 40.3. The molecule has 0 aromatic heterocycles. The second-order valence-corrected chi connectivity index (χ2v) is 18.0. The zero-order chi connectivity index (χ0) is 45.7. The molecule has 0 aliphatic rings. The molecule has 0 amide bonds. The quantitative estimate of drug-likeness (QED) is 0.138. The van der Waals surface area contributed by atoms with Gasteiger partial charge in [0, 0.05) is 17.1 Å². The Labute approximate surface area is 402 Å². The molecule has 69 heavy (non-hydrogen) atoms. The summed E-state index contributed by atoms with van der Waals surface area (Å²) in [5, 5.41) is 12.5. The Morgan fingerprint density at radius 1 is 0.188 bits per heavy atom. The van der Waals surface area contributed by atoms with Crippen LogP contribution in [0.25, 0.3) is 109 Å². The fraction of sp³-hybridized carbons (Fsp3) is 0. The lowest BCUT2D eigenvalue weighted by molar-refractivity contribution is 1.29. The molecule has 13 aromatic carbocycles. The molecule has 0 saturated heterocycles. The van der Waals surface area contributed by atoms with Gasteiger partial charge in [-0.1, -0.05) is 218 Å². The standard InChI is InChI=1S/C68H45N/c1-4-16-46(17-5-1)51-28-29-53-43-58(40-34-52(53)42-51)69(57-38-32-48(33-39-57)65-45-55-22-10-11-23-59(55)60-24-12-13-26-62(60)65)56-36-30-47(31-37-56)54-35-41-63-61-25-14-15-27-64(61)67(49-18-6-2-7-19-49)68(66(63)44-54)50-20-8-3-9-21-50/h1-45H. The monoisotopic (exact) mass is 875 g/mol. The summed E-state index contributed by atoms with van der Waals surface area (Å²) < 4.78 is 0. The van der Waals surface area contributed by atoms with Crippen LogP contribution in [0.3, 0.4) is 0 Å². The molecule has 0 N–H and O–H groups in total. The maximum absolute atomic E-state index is 2.41. The number of rotatable bonds is 8. The number of benzene rings is 13. The van der Waals surface area contributed by atoms with Crippen molar-refractivity contribution >= 4 is 70.9 Å². The zero-order valence-electron chi connectivity index (χ0n) is 37.9. The summed E-state index contributed by atoms with van der Waals surface area (Å²) in [4.78, 5) is 2.39. The van der Waals surface area contributed by atoms with Gasteiger partial charge in [0.1, 0.15) is 0 Å². The molecule has 0 radical (unpaired) electrons. The van der Waals surface area contributed by atoms with Crippen LogP contribution in [0, 0.1) is 0 Å². The highest BCUT2D eigenvalue weighted by Gasteiger charge is 2.20. The van der Waals surface area contributed by atoms with Crippen molar-refractivity contribution in [1.82, 2.24) is 0 Å². The number of anilines is 3. The Morgan fingerprint density at radius 2 is 0.609 bits per heavy atom. The van der Waals surface area contributed by atoms with E-state index < -0.39 is 0 Å². The van der Waals surface area contributed by atoms with Crippen LogP contribution in [-0.4, -0.2) is 0 Å². The first-order valence-electron chi connectivity index (χ1n) is 23.8. The van der Waals surface area contributed by atoms with Crippen LogP contribution in [0.2, 0.25) is 0 Å². The van der Waals surface area contributed by atoms with Crippen LogP contribution >= 0.6 is 0 Å². The van der Waals surface area contributed by atoms with Crippen LogP contribution in [0.4, 0.5) is 17.1 Å². The third-order valence-electron chi connectivity index (χ3n) is 14.0. The Bertz CT molecular complexity index is 4030. The summed E-state index contributed by atoms with van der Waals surface area (Å²) >= 11 is 0. The predicted molar refractivity (Wildman–Crippen MR) is 296 cm³/mol. The lowest BCUT2D eigenvalue weighted by atomic mass is 9.84. The van der Waals surface area contributed by atoms with Gasteiger partial charge in [0.05, 0.1) is 0 Å². The molecule has 0 unspecified atom stereocenters. The van der Waals surface area contributed by atoms with Crippen molar-refractivity contribution in [3.63, 3.8) is 0 Å². The Morgan fingerprint density at radius 3 is 1.28 bits per heavy atom. The summed E-state index contributed by atoms with van der Waals surface area (Å²) in [5.74, 6) is 0. The average Bonchev–Trinajstić information content (AvgIpc) is 3.43. The van der Waals surface area contributed by atoms with Crippen molar-refractivity contribution in [2.45, 2.75) is 0 Å². The minimum Gasteiger partial charge on any atom is -0.310 e. The molecule has 0 aliphatic carbocycles. The summed E-state index contributed by atoms with van der Waals surface area (Å²) in [7, 11) is 0. The van der Waals surface area contributed by atoms with Crippen molar-refractivity contribution in [3.8, 4) is 55.6 Å². The zero-order valence-corrected chi connectivity index (χ0v) is 37.9. The van der Waals surface area contributed by atoms with Gasteiger partial charge in [-0.3, -0.25) is 0 Å². The van der Waals surface area contributed by atoms with Gasteiger partial charge in [0.15, 0.2) is 0 Å². The molecule has 0 bridgehead atoms. The minimum atomic E-state index is 1.09. The van der Waals surface area contributed by atoms with Crippen LogP contribution in [0.15, 0.2) is 273 Å². The third kappa shape index (κ3) is 7.20. The van der Waals surface area contributed by atoms with Crippen molar-refractivity contribution in [3.05, 3.63) is 273 Å². The average molecular weight is 876 g/mol.